The normalized spacial score (nSPS) is 11.1. The van der Waals surface area contributed by atoms with E-state index in [1.807, 2.05) is 0 Å². The van der Waals surface area contributed by atoms with Crippen LogP contribution in [0.1, 0.15) is 0 Å². The van der Waals surface area contributed by atoms with Crippen LogP contribution in [-0.2, 0) is 0 Å². The topological polar surface area (TPSA) is 68.8 Å². The largest absolute Gasteiger partial charge is 0.573 e. The van der Waals surface area contributed by atoms with Gasteiger partial charge in [0.25, 0.3) is 0 Å². The lowest BCUT2D eigenvalue weighted by Crippen LogP contribution is -2.19. The van der Waals surface area contributed by atoms with Gasteiger partial charge < -0.3 is 24.8 Å². The Hall–Kier alpha value is -3.24. The van der Waals surface area contributed by atoms with E-state index >= 15 is 0 Å². The number of anilines is 2. The number of alkyl halides is 5. The number of hydrogen-bond acceptors (Lipinski definition) is 4. The summed E-state index contributed by atoms with van der Waals surface area (Å²) in [7, 11) is 1.24. The van der Waals surface area contributed by atoms with Gasteiger partial charge in [0.1, 0.15) is 5.75 Å². The van der Waals surface area contributed by atoms with Crippen molar-refractivity contribution in [3.8, 4) is 17.2 Å². The molecule has 0 fully saturated rings. The predicted octanol–water partition coefficient (Wildman–Crippen LogP) is 4.84. The first kappa shape index (κ1) is 20.1. The van der Waals surface area contributed by atoms with Crippen LogP contribution in [0.2, 0.25) is 0 Å². The molecule has 0 aliphatic carbocycles. The minimum absolute atomic E-state index is 0.0262. The Kier molecular flexibility index (Phi) is 6.27. The maximum Gasteiger partial charge on any atom is 0.573 e. The molecular weight excluding hydrogens is 379 g/mol. The number of hydrogen-bond donors (Lipinski definition) is 2. The fourth-order valence-electron chi connectivity index (χ4n) is 1.97. The van der Waals surface area contributed by atoms with Crippen LogP contribution in [0, 0.1) is 0 Å². The van der Waals surface area contributed by atoms with Crippen molar-refractivity contribution in [3.63, 3.8) is 0 Å². The number of ether oxygens (including phenoxy) is 3. The zero-order chi connectivity index (χ0) is 20.0. The molecule has 6 nitrogen and oxygen atoms in total. The number of nitrogens with one attached hydrogen (secondary N) is 2. The first-order valence-electron chi connectivity index (χ1n) is 7.23. The molecule has 0 aromatic heterocycles. The maximum atomic E-state index is 12.3. The van der Waals surface area contributed by atoms with E-state index in [-0.39, 0.29) is 22.9 Å². The summed E-state index contributed by atoms with van der Waals surface area (Å²) < 4.78 is 73.7. The second kappa shape index (κ2) is 8.43. The third-order valence-corrected chi connectivity index (χ3v) is 2.98. The van der Waals surface area contributed by atoms with Crippen LogP contribution < -0.4 is 24.8 Å². The summed E-state index contributed by atoms with van der Waals surface area (Å²) in [4.78, 5) is 11.9. The lowest BCUT2D eigenvalue weighted by Gasteiger charge is -2.13. The minimum Gasteiger partial charge on any atom is -0.493 e. The van der Waals surface area contributed by atoms with Gasteiger partial charge in [-0.25, -0.2) is 4.79 Å². The average Bonchev–Trinajstić information content (AvgIpc) is 2.56. The molecule has 2 aromatic carbocycles. The number of methoxy groups -OCH3 is 1. The molecule has 0 unspecified atom stereocenters. The molecule has 2 amide bonds. The summed E-state index contributed by atoms with van der Waals surface area (Å²) in [5, 5.41) is 4.80. The Balaban J connectivity index is 1.99. The van der Waals surface area contributed by atoms with Gasteiger partial charge in [0, 0.05) is 17.4 Å². The smallest absolute Gasteiger partial charge is 0.493 e. The highest BCUT2D eigenvalue weighted by Gasteiger charge is 2.30. The molecule has 0 saturated carbocycles. The predicted molar refractivity (Wildman–Crippen MR) is 85.4 cm³/mol. The molecule has 0 bridgehead atoms. The molecular formula is C16H13F5N2O4. The Morgan fingerprint density at radius 1 is 0.963 bits per heavy atom. The number of carbonyl (C=O) groups excluding carboxylic acids is 1. The van der Waals surface area contributed by atoms with Crippen molar-refractivity contribution in [2.24, 2.45) is 0 Å². The van der Waals surface area contributed by atoms with Crippen molar-refractivity contribution in [2.75, 3.05) is 17.7 Å². The van der Waals surface area contributed by atoms with E-state index in [1.165, 1.54) is 37.4 Å². The summed E-state index contributed by atoms with van der Waals surface area (Å²) in [6.45, 7) is -3.04. The first-order valence-corrected chi connectivity index (χ1v) is 7.23. The zero-order valence-corrected chi connectivity index (χ0v) is 13.6. The van der Waals surface area contributed by atoms with Crippen LogP contribution in [0.25, 0.3) is 0 Å². The quantitative estimate of drug-likeness (QED) is 0.691. The maximum absolute atomic E-state index is 12.3. The molecule has 0 radical (unpaired) electrons. The van der Waals surface area contributed by atoms with E-state index in [9.17, 15) is 26.7 Å². The van der Waals surface area contributed by atoms with Crippen molar-refractivity contribution in [2.45, 2.75) is 13.0 Å². The van der Waals surface area contributed by atoms with Gasteiger partial charge in [-0.15, -0.1) is 13.2 Å². The van der Waals surface area contributed by atoms with Crippen LogP contribution in [0.5, 0.6) is 17.2 Å². The third-order valence-electron chi connectivity index (χ3n) is 2.98. The third kappa shape index (κ3) is 6.53. The molecule has 2 rings (SSSR count). The summed E-state index contributed by atoms with van der Waals surface area (Å²) >= 11 is 0. The standard InChI is InChI=1S/C16H13F5N2O4/c1-25-13-8-10(4-7-12(13)26-14(17)18)23-15(24)22-9-2-5-11(6-3-9)27-16(19,20)21/h2-8,14H,1H3,(H2,22,23,24). The lowest BCUT2D eigenvalue weighted by molar-refractivity contribution is -0.274. The summed E-state index contributed by atoms with van der Waals surface area (Å²) in [5.74, 6) is -0.673. The van der Waals surface area contributed by atoms with Gasteiger partial charge in [0.15, 0.2) is 11.5 Å². The molecule has 0 atom stereocenters. The van der Waals surface area contributed by atoms with Crippen LogP contribution in [0.3, 0.4) is 0 Å². The number of carbonyl (C=O) groups is 1. The van der Waals surface area contributed by atoms with Gasteiger partial charge in [-0.05, 0) is 36.4 Å². The number of benzene rings is 2. The van der Waals surface area contributed by atoms with Gasteiger partial charge in [0.05, 0.1) is 7.11 Å². The van der Waals surface area contributed by atoms with Crippen molar-refractivity contribution in [1.82, 2.24) is 0 Å². The Morgan fingerprint density at radius 3 is 2.11 bits per heavy atom. The molecule has 27 heavy (non-hydrogen) atoms. The van der Waals surface area contributed by atoms with Gasteiger partial charge in [-0.2, -0.15) is 8.78 Å². The molecule has 146 valence electrons. The molecule has 0 aliphatic rings. The highest BCUT2D eigenvalue weighted by molar-refractivity contribution is 5.99. The fraction of sp³-hybridized carbons (Fsp3) is 0.188. The van der Waals surface area contributed by atoms with Gasteiger partial charge in [0.2, 0.25) is 0 Å². The number of urea groups is 1. The molecule has 0 saturated heterocycles. The Labute approximate surface area is 149 Å². The molecule has 2 aromatic rings. The number of rotatable bonds is 6. The van der Waals surface area contributed by atoms with Gasteiger partial charge >= 0.3 is 19.0 Å². The molecule has 0 aliphatic heterocycles. The minimum atomic E-state index is -4.81. The van der Waals surface area contributed by atoms with Crippen molar-refractivity contribution in [3.05, 3.63) is 42.5 Å². The molecule has 0 spiro atoms. The highest BCUT2D eigenvalue weighted by Crippen LogP contribution is 2.31. The Morgan fingerprint density at radius 2 is 1.56 bits per heavy atom. The molecule has 11 heteroatoms. The second-order valence-electron chi connectivity index (χ2n) is 4.90. The summed E-state index contributed by atoms with van der Waals surface area (Å²) in [6.07, 6.45) is -4.81. The average molecular weight is 392 g/mol. The van der Waals surface area contributed by atoms with Crippen LogP contribution in [0.4, 0.5) is 38.1 Å². The monoisotopic (exact) mass is 392 g/mol. The summed E-state index contributed by atoms with van der Waals surface area (Å²) in [5.41, 5.74) is 0.412. The molecule has 0 heterocycles. The first-order chi connectivity index (χ1) is 12.7. The SMILES string of the molecule is COc1cc(NC(=O)Nc2ccc(OC(F)(F)F)cc2)ccc1OC(F)F. The second-order valence-corrected chi connectivity index (χ2v) is 4.90. The van der Waals surface area contributed by atoms with Crippen LogP contribution >= 0.6 is 0 Å². The Bertz CT molecular complexity index is 781. The van der Waals surface area contributed by atoms with Crippen LogP contribution in [0.15, 0.2) is 42.5 Å². The zero-order valence-electron chi connectivity index (χ0n) is 13.6. The lowest BCUT2D eigenvalue weighted by atomic mass is 10.2. The fourth-order valence-corrected chi connectivity index (χ4v) is 1.97. The molecule has 2 N–H and O–H groups in total. The summed E-state index contributed by atoms with van der Waals surface area (Å²) in [6, 6.07) is 7.51. The van der Waals surface area contributed by atoms with Gasteiger partial charge in [-0.3, -0.25) is 0 Å². The van der Waals surface area contributed by atoms with E-state index in [0.717, 1.165) is 12.1 Å². The van der Waals surface area contributed by atoms with Gasteiger partial charge in [-0.1, -0.05) is 0 Å². The van der Waals surface area contributed by atoms with Crippen molar-refractivity contribution >= 4 is 17.4 Å². The van der Waals surface area contributed by atoms with E-state index in [0.29, 0.717) is 0 Å². The highest BCUT2D eigenvalue weighted by atomic mass is 19.4. The van der Waals surface area contributed by atoms with E-state index < -0.39 is 24.8 Å². The number of halogens is 5. The van der Waals surface area contributed by atoms with E-state index in [4.69, 9.17) is 4.74 Å². The van der Waals surface area contributed by atoms with E-state index in [1.54, 1.807) is 0 Å². The van der Waals surface area contributed by atoms with Crippen molar-refractivity contribution in [1.29, 1.82) is 0 Å². The van der Waals surface area contributed by atoms with Crippen LogP contribution in [-0.4, -0.2) is 26.1 Å². The van der Waals surface area contributed by atoms with E-state index in [2.05, 4.69) is 20.1 Å². The number of amides is 2. The van der Waals surface area contributed by atoms with Crippen molar-refractivity contribution < 1.29 is 41.0 Å².